The minimum atomic E-state index is -0.632. The van der Waals surface area contributed by atoms with Gasteiger partial charge in [-0.25, -0.2) is 9.48 Å². The molecule has 0 spiro atoms. The molecule has 2 aromatic carbocycles. The van der Waals surface area contributed by atoms with Crippen molar-refractivity contribution < 1.29 is 19.1 Å². The van der Waals surface area contributed by atoms with Crippen LogP contribution in [-0.2, 0) is 12.0 Å². The van der Waals surface area contributed by atoms with E-state index in [-0.39, 0.29) is 16.0 Å². The van der Waals surface area contributed by atoms with E-state index in [1.165, 1.54) is 7.11 Å². The van der Waals surface area contributed by atoms with Crippen LogP contribution < -0.4 is 25.8 Å². The summed E-state index contributed by atoms with van der Waals surface area (Å²) in [5.74, 6) is 1.14. The van der Waals surface area contributed by atoms with Crippen LogP contribution in [0.5, 0.6) is 17.2 Å². The van der Waals surface area contributed by atoms with E-state index in [1.54, 1.807) is 47.3 Å². The fourth-order valence-corrected chi connectivity index (χ4v) is 4.00. The van der Waals surface area contributed by atoms with Crippen LogP contribution in [0.25, 0.3) is 10.9 Å². The molecule has 11 heteroatoms. The molecule has 2 heterocycles. The number of hydrogen-bond acceptors (Lipinski definition) is 6. The minimum Gasteiger partial charge on any atom is -0.496 e. The third kappa shape index (κ3) is 5.65. The zero-order valence-corrected chi connectivity index (χ0v) is 22.5. The number of rotatable bonds is 7. The molecule has 0 aliphatic rings. The Labute approximate surface area is 225 Å². The highest BCUT2D eigenvalue weighted by molar-refractivity contribution is 6.34. The van der Waals surface area contributed by atoms with E-state index in [4.69, 9.17) is 26.8 Å². The van der Waals surface area contributed by atoms with Crippen LogP contribution in [0, 0.1) is 0 Å². The van der Waals surface area contributed by atoms with Crippen LogP contribution in [0.2, 0.25) is 5.02 Å². The zero-order valence-electron chi connectivity index (χ0n) is 21.8. The van der Waals surface area contributed by atoms with Crippen LogP contribution in [0.3, 0.4) is 0 Å². The molecular weight excluding hydrogens is 508 g/mol. The number of carbonyl (C=O) groups is 2. The van der Waals surface area contributed by atoms with Gasteiger partial charge in [-0.05, 0) is 31.2 Å². The van der Waals surface area contributed by atoms with Crippen molar-refractivity contribution in [3.63, 3.8) is 0 Å². The fourth-order valence-electron chi connectivity index (χ4n) is 3.78. The quantitative estimate of drug-likeness (QED) is 0.267. The number of pyridine rings is 1. The Morgan fingerprint density at radius 1 is 1.08 bits per heavy atom. The molecule has 4 aromatic rings. The summed E-state index contributed by atoms with van der Waals surface area (Å²) in [6.07, 6.45) is 1.58. The molecule has 10 nitrogen and oxygen atoms in total. The van der Waals surface area contributed by atoms with Gasteiger partial charge in [-0.15, -0.1) is 0 Å². The molecule has 0 fully saturated rings. The highest BCUT2D eigenvalue weighted by atomic mass is 35.5. The molecule has 0 saturated heterocycles. The predicted molar refractivity (Wildman–Crippen MR) is 148 cm³/mol. The van der Waals surface area contributed by atoms with Crippen LogP contribution in [-0.4, -0.2) is 33.8 Å². The van der Waals surface area contributed by atoms with Gasteiger partial charge in [0.2, 0.25) is 0 Å². The summed E-state index contributed by atoms with van der Waals surface area (Å²) in [6, 6.07) is 11.1. The molecule has 4 rings (SSSR count). The second-order valence-corrected chi connectivity index (χ2v) is 9.95. The number of nitrogens with one attached hydrogen (secondary N) is 2. The number of urea groups is 1. The summed E-state index contributed by atoms with van der Waals surface area (Å²) in [6.45, 7) is 8.74. The molecular formula is C27H29ClN6O4. The number of benzene rings is 2. The number of nitrogens with two attached hydrogens (primary N) is 1. The maximum absolute atomic E-state index is 12.7. The highest BCUT2D eigenvalue weighted by Gasteiger charge is 2.21. The smallest absolute Gasteiger partial charge is 0.324 e. The molecule has 2 aromatic heterocycles. The number of primary amides is 1. The number of aryl methyl sites for hydroxylation is 1. The van der Waals surface area contributed by atoms with Gasteiger partial charge in [-0.2, -0.15) is 5.10 Å². The van der Waals surface area contributed by atoms with Gasteiger partial charge in [-0.3, -0.25) is 15.1 Å². The van der Waals surface area contributed by atoms with Gasteiger partial charge in [-0.1, -0.05) is 32.4 Å². The predicted octanol–water partition coefficient (Wildman–Crippen LogP) is 5.95. The lowest BCUT2D eigenvalue weighted by Gasteiger charge is -2.13. The Hall–Kier alpha value is -4.31. The molecule has 0 aliphatic carbocycles. The maximum atomic E-state index is 12.7. The van der Waals surface area contributed by atoms with Crippen molar-refractivity contribution in [1.29, 1.82) is 0 Å². The summed E-state index contributed by atoms with van der Waals surface area (Å²) in [7, 11) is 1.45. The monoisotopic (exact) mass is 536 g/mol. The van der Waals surface area contributed by atoms with Crippen molar-refractivity contribution in [2.45, 2.75) is 39.7 Å². The lowest BCUT2D eigenvalue weighted by molar-refractivity contribution is 0.0997. The van der Waals surface area contributed by atoms with Crippen molar-refractivity contribution in [1.82, 2.24) is 14.8 Å². The normalized spacial score (nSPS) is 11.3. The topological polar surface area (TPSA) is 133 Å². The number of nitrogens with zero attached hydrogens (tertiary/aromatic N) is 3. The number of fused-ring (bicyclic) bond motifs is 1. The number of hydrogen-bond donors (Lipinski definition) is 3. The van der Waals surface area contributed by atoms with Gasteiger partial charge in [0.15, 0.2) is 0 Å². The molecule has 198 valence electrons. The molecule has 0 bridgehead atoms. The summed E-state index contributed by atoms with van der Waals surface area (Å²) >= 11 is 6.46. The van der Waals surface area contributed by atoms with Crippen LogP contribution in [0.1, 0.15) is 43.7 Å². The van der Waals surface area contributed by atoms with E-state index in [1.807, 2.05) is 13.0 Å². The number of aromatic nitrogens is 3. The number of halogens is 1. The Kier molecular flexibility index (Phi) is 7.45. The van der Waals surface area contributed by atoms with Crippen LogP contribution in [0.15, 0.2) is 48.7 Å². The first-order chi connectivity index (χ1) is 18.0. The summed E-state index contributed by atoms with van der Waals surface area (Å²) in [5, 5.41) is 11.0. The zero-order chi connectivity index (χ0) is 27.6. The third-order valence-corrected chi connectivity index (χ3v) is 6.11. The van der Waals surface area contributed by atoms with E-state index in [0.717, 1.165) is 5.69 Å². The molecule has 0 unspecified atom stereocenters. The summed E-state index contributed by atoms with van der Waals surface area (Å²) < 4.78 is 13.0. The summed E-state index contributed by atoms with van der Waals surface area (Å²) in [5.41, 5.74) is 7.39. The first kappa shape index (κ1) is 26.7. The number of anilines is 2. The fraction of sp³-hybridized carbons (Fsp3) is 0.259. The van der Waals surface area contributed by atoms with Crippen molar-refractivity contribution in [3.8, 4) is 17.2 Å². The lowest BCUT2D eigenvalue weighted by Crippen LogP contribution is -2.21. The number of carbonyl (C=O) groups excluding carboxylic acids is 2. The first-order valence-electron chi connectivity index (χ1n) is 11.9. The van der Waals surface area contributed by atoms with Gasteiger partial charge in [0, 0.05) is 41.7 Å². The maximum Gasteiger partial charge on any atom is 0.324 e. The molecule has 4 N–H and O–H groups in total. The molecule has 3 amide bonds. The van der Waals surface area contributed by atoms with Crippen molar-refractivity contribution >= 4 is 45.9 Å². The molecule has 0 radical (unpaired) electrons. The van der Waals surface area contributed by atoms with Gasteiger partial charge in [0.05, 0.1) is 34.6 Å². The highest BCUT2D eigenvalue weighted by Crippen LogP contribution is 2.35. The van der Waals surface area contributed by atoms with E-state index >= 15 is 0 Å². The summed E-state index contributed by atoms with van der Waals surface area (Å²) in [4.78, 5) is 28.9. The van der Waals surface area contributed by atoms with Crippen molar-refractivity contribution in [3.05, 3.63) is 64.9 Å². The number of ether oxygens (including phenoxy) is 2. The third-order valence-electron chi connectivity index (χ3n) is 5.79. The van der Waals surface area contributed by atoms with Gasteiger partial charge in [0.25, 0.3) is 5.91 Å². The SMILES string of the molecule is CCn1nc(C(C)(C)C)cc1NC(=O)Nc1ccc(Oc2ccnc3cc(OC)c(C(N)=O)cc23)cc1Cl. The standard InChI is InChI=1S/C27H29ClN6O4/c1-6-34-24(14-23(33-34)27(2,3)4)32-26(36)31-19-8-7-15(11-18(19)28)38-21-9-10-30-20-13-22(37-5)17(25(29)35)12-16(20)21/h7-14H,6H2,1-5H3,(H2,29,35)(H2,31,32,36). The van der Waals surface area contributed by atoms with Crippen LogP contribution >= 0.6 is 11.6 Å². The lowest BCUT2D eigenvalue weighted by atomic mass is 9.92. The average Bonchev–Trinajstić information content (AvgIpc) is 3.28. The van der Waals surface area contributed by atoms with Crippen molar-refractivity contribution in [2.75, 3.05) is 17.7 Å². The Balaban J connectivity index is 1.53. The molecule has 38 heavy (non-hydrogen) atoms. The van der Waals surface area contributed by atoms with Crippen molar-refractivity contribution in [2.24, 2.45) is 5.73 Å². The first-order valence-corrected chi connectivity index (χ1v) is 12.3. The molecule has 0 saturated carbocycles. The Morgan fingerprint density at radius 2 is 1.84 bits per heavy atom. The van der Waals surface area contributed by atoms with Gasteiger partial charge >= 0.3 is 6.03 Å². The van der Waals surface area contributed by atoms with E-state index in [2.05, 4.69) is 41.5 Å². The number of amides is 3. The van der Waals surface area contributed by atoms with E-state index < -0.39 is 11.9 Å². The van der Waals surface area contributed by atoms with Gasteiger partial charge in [0.1, 0.15) is 23.1 Å². The molecule has 0 atom stereocenters. The van der Waals surface area contributed by atoms with E-state index in [0.29, 0.717) is 46.2 Å². The average molecular weight is 537 g/mol. The van der Waals surface area contributed by atoms with E-state index in [9.17, 15) is 9.59 Å². The van der Waals surface area contributed by atoms with Crippen LogP contribution in [0.4, 0.5) is 16.3 Å². The second kappa shape index (κ2) is 10.6. The molecule has 0 aliphatic heterocycles. The number of methoxy groups -OCH3 is 1. The Bertz CT molecular complexity index is 1530. The second-order valence-electron chi connectivity index (χ2n) is 9.55. The van der Waals surface area contributed by atoms with Gasteiger partial charge < -0.3 is 20.5 Å². The largest absolute Gasteiger partial charge is 0.496 e. The minimum absolute atomic E-state index is 0.153. The Morgan fingerprint density at radius 3 is 2.47 bits per heavy atom.